The highest BCUT2D eigenvalue weighted by Gasteiger charge is 2.26. The van der Waals surface area contributed by atoms with E-state index in [2.05, 4.69) is 4.74 Å². The Balaban J connectivity index is 2.63. The van der Waals surface area contributed by atoms with Crippen LogP contribution in [-0.2, 0) is 14.8 Å². The number of halogens is 2. The summed E-state index contributed by atoms with van der Waals surface area (Å²) >= 11 is 0. The van der Waals surface area contributed by atoms with Crippen molar-refractivity contribution in [3.8, 4) is 22.8 Å². The largest absolute Gasteiger partial charge is 0.502 e. The average Bonchev–Trinajstić information content (AvgIpc) is 2.64. The van der Waals surface area contributed by atoms with Crippen LogP contribution in [0.25, 0.3) is 11.3 Å². The summed E-state index contributed by atoms with van der Waals surface area (Å²) in [6.45, 7) is 1.01. The first-order valence-corrected chi connectivity index (χ1v) is 7.94. The highest BCUT2D eigenvalue weighted by atomic mass is 32.2. The molecule has 0 aliphatic rings. The Hall–Kier alpha value is -2.62. The molecule has 124 valence electrons. The average molecular weight is 347 g/mol. The fraction of sp³-hybridized carbons (Fsp3) is 0.154. The molecule has 7 nitrogen and oxygen atoms in total. The van der Waals surface area contributed by atoms with E-state index in [4.69, 9.17) is 4.42 Å². The molecule has 0 atom stereocenters. The lowest BCUT2D eigenvalue weighted by molar-refractivity contribution is -0.131. The molecule has 0 aliphatic carbocycles. The van der Waals surface area contributed by atoms with Gasteiger partial charge in [-0.3, -0.25) is 9.52 Å². The molecule has 0 spiro atoms. The van der Waals surface area contributed by atoms with Crippen LogP contribution >= 0.6 is 0 Å². The minimum absolute atomic E-state index is 0.213. The smallest absolute Gasteiger partial charge is 0.308 e. The van der Waals surface area contributed by atoms with Gasteiger partial charge in [-0.25, -0.2) is 17.2 Å². The third kappa shape index (κ3) is 3.97. The number of hydrogen-bond donors (Lipinski definition) is 2. The predicted molar refractivity (Wildman–Crippen MR) is 75.5 cm³/mol. The van der Waals surface area contributed by atoms with Crippen LogP contribution < -0.4 is 9.46 Å². The lowest BCUT2D eigenvalue weighted by Crippen LogP contribution is -2.11. The minimum atomic E-state index is -3.83. The topological polar surface area (TPSA) is 106 Å². The van der Waals surface area contributed by atoms with Crippen LogP contribution in [0.2, 0.25) is 0 Å². The van der Waals surface area contributed by atoms with Gasteiger partial charge in [-0.2, -0.15) is 0 Å². The van der Waals surface area contributed by atoms with Crippen molar-refractivity contribution in [1.29, 1.82) is 0 Å². The summed E-state index contributed by atoms with van der Waals surface area (Å²) < 4.78 is 60.8. The normalized spacial score (nSPS) is 11.3. The maximum Gasteiger partial charge on any atom is 0.308 e. The molecule has 0 saturated heterocycles. The van der Waals surface area contributed by atoms with Crippen molar-refractivity contribution in [1.82, 2.24) is 0 Å². The van der Waals surface area contributed by atoms with Crippen LogP contribution in [0.3, 0.4) is 0 Å². The van der Waals surface area contributed by atoms with Gasteiger partial charge in [0.15, 0.2) is 5.76 Å². The van der Waals surface area contributed by atoms with Crippen molar-refractivity contribution in [2.75, 3.05) is 11.0 Å². The number of ether oxygens (including phenoxy) is 1. The molecule has 2 N–H and O–H groups in total. The monoisotopic (exact) mass is 347 g/mol. The molecule has 2 rings (SSSR count). The number of sulfonamides is 1. The standard InChI is InChI=1S/C13H11F2NO6S/c1-6(17)21-12-10(18)11(22-13(12)16-23(2,19)20)7-3-8(14)5-9(15)4-7/h3-5,16,18H,1-2H3. The van der Waals surface area contributed by atoms with Crippen molar-refractivity contribution in [3.05, 3.63) is 29.8 Å². The lowest BCUT2D eigenvalue weighted by atomic mass is 10.1. The Morgan fingerprint density at radius 1 is 1.26 bits per heavy atom. The van der Waals surface area contributed by atoms with E-state index in [0.717, 1.165) is 25.3 Å². The van der Waals surface area contributed by atoms with Gasteiger partial charge in [0, 0.05) is 18.6 Å². The quantitative estimate of drug-likeness (QED) is 0.822. The number of rotatable bonds is 4. The molecule has 0 aliphatic heterocycles. The van der Waals surface area contributed by atoms with E-state index in [1.165, 1.54) is 0 Å². The van der Waals surface area contributed by atoms with Crippen molar-refractivity contribution >= 4 is 21.9 Å². The molecular formula is C13H11F2NO6S. The molecule has 0 unspecified atom stereocenters. The molecule has 1 aromatic heterocycles. The van der Waals surface area contributed by atoms with Crippen LogP contribution in [0.1, 0.15) is 6.92 Å². The van der Waals surface area contributed by atoms with Crippen molar-refractivity contribution in [2.24, 2.45) is 0 Å². The molecule has 1 aromatic carbocycles. The van der Waals surface area contributed by atoms with Gasteiger partial charge in [0.1, 0.15) is 11.6 Å². The SMILES string of the molecule is CC(=O)Oc1c(NS(C)(=O)=O)oc(-c2cc(F)cc(F)c2)c1O. The fourth-order valence-electron chi connectivity index (χ4n) is 1.76. The number of carbonyl (C=O) groups is 1. The molecular weight excluding hydrogens is 336 g/mol. The van der Waals surface area contributed by atoms with Crippen molar-refractivity contribution in [3.63, 3.8) is 0 Å². The van der Waals surface area contributed by atoms with Crippen LogP contribution in [0.4, 0.5) is 14.7 Å². The highest BCUT2D eigenvalue weighted by Crippen LogP contribution is 2.46. The van der Waals surface area contributed by atoms with Crippen LogP contribution in [0.5, 0.6) is 11.5 Å². The molecule has 0 amide bonds. The van der Waals surface area contributed by atoms with Crippen LogP contribution in [-0.4, -0.2) is 25.7 Å². The zero-order chi connectivity index (χ0) is 17.4. The third-order valence-electron chi connectivity index (χ3n) is 2.49. The first kappa shape index (κ1) is 16.7. The number of furan rings is 1. The van der Waals surface area contributed by atoms with E-state index >= 15 is 0 Å². The maximum absolute atomic E-state index is 13.3. The highest BCUT2D eigenvalue weighted by molar-refractivity contribution is 7.92. The van der Waals surface area contributed by atoms with Gasteiger partial charge in [-0.1, -0.05) is 0 Å². The van der Waals surface area contributed by atoms with E-state index < -0.39 is 50.8 Å². The molecule has 0 bridgehead atoms. The van der Waals surface area contributed by atoms with Gasteiger partial charge in [0.05, 0.1) is 6.26 Å². The molecule has 1 heterocycles. The Kier molecular flexibility index (Phi) is 4.28. The number of benzene rings is 1. The molecule has 23 heavy (non-hydrogen) atoms. The number of hydrogen-bond acceptors (Lipinski definition) is 6. The Morgan fingerprint density at radius 3 is 2.30 bits per heavy atom. The molecule has 10 heteroatoms. The zero-order valence-corrected chi connectivity index (χ0v) is 12.7. The molecule has 0 fully saturated rings. The predicted octanol–water partition coefficient (Wildman–Crippen LogP) is 2.23. The summed E-state index contributed by atoms with van der Waals surface area (Å²) in [4.78, 5) is 11.1. The van der Waals surface area contributed by atoms with Crippen molar-refractivity contribution in [2.45, 2.75) is 6.92 Å². The van der Waals surface area contributed by atoms with Gasteiger partial charge in [-0.05, 0) is 12.1 Å². The number of anilines is 1. The summed E-state index contributed by atoms with van der Waals surface area (Å²) in [5.74, 6) is -5.20. The third-order valence-corrected chi connectivity index (χ3v) is 3.05. The number of nitrogens with one attached hydrogen (secondary N) is 1. The minimum Gasteiger partial charge on any atom is -0.502 e. The van der Waals surface area contributed by atoms with E-state index in [0.29, 0.717) is 6.07 Å². The van der Waals surface area contributed by atoms with E-state index in [9.17, 15) is 27.1 Å². The summed E-state index contributed by atoms with van der Waals surface area (Å²) in [5, 5.41) is 10.0. The first-order chi connectivity index (χ1) is 10.6. The molecule has 0 saturated carbocycles. The summed E-state index contributed by atoms with van der Waals surface area (Å²) in [6, 6.07) is 2.30. The van der Waals surface area contributed by atoms with Crippen LogP contribution in [0.15, 0.2) is 22.6 Å². The van der Waals surface area contributed by atoms with Gasteiger partial charge in [0.25, 0.3) is 5.88 Å². The number of esters is 1. The second-order valence-corrected chi connectivity index (χ2v) is 6.31. The van der Waals surface area contributed by atoms with Crippen molar-refractivity contribution < 1.29 is 36.3 Å². The number of carbonyl (C=O) groups excluding carboxylic acids is 1. The van der Waals surface area contributed by atoms with E-state index in [-0.39, 0.29) is 5.56 Å². The number of aromatic hydroxyl groups is 1. The first-order valence-electron chi connectivity index (χ1n) is 6.05. The Labute approximate surface area is 129 Å². The van der Waals surface area contributed by atoms with E-state index in [1.807, 2.05) is 4.72 Å². The van der Waals surface area contributed by atoms with Crippen LogP contribution in [0, 0.1) is 11.6 Å². The summed E-state index contributed by atoms with van der Waals surface area (Å²) in [7, 11) is -3.83. The summed E-state index contributed by atoms with van der Waals surface area (Å²) in [5.41, 5.74) is -0.213. The molecule has 0 radical (unpaired) electrons. The van der Waals surface area contributed by atoms with Gasteiger partial charge >= 0.3 is 5.97 Å². The van der Waals surface area contributed by atoms with Gasteiger partial charge in [0.2, 0.25) is 21.5 Å². The molecule has 2 aromatic rings. The Morgan fingerprint density at radius 2 is 1.83 bits per heavy atom. The maximum atomic E-state index is 13.3. The Bertz CT molecular complexity index is 855. The fourth-order valence-corrected chi connectivity index (χ4v) is 2.23. The second-order valence-electron chi connectivity index (χ2n) is 4.56. The van der Waals surface area contributed by atoms with E-state index in [1.54, 1.807) is 0 Å². The van der Waals surface area contributed by atoms with Gasteiger partial charge in [-0.15, -0.1) is 0 Å². The second kappa shape index (κ2) is 5.88. The van der Waals surface area contributed by atoms with Gasteiger partial charge < -0.3 is 14.3 Å². The summed E-state index contributed by atoms with van der Waals surface area (Å²) in [6.07, 6.45) is 0.797. The lowest BCUT2D eigenvalue weighted by Gasteiger charge is -2.02. The zero-order valence-electron chi connectivity index (χ0n) is 11.9.